The lowest BCUT2D eigenvalue weighted by molar-refractivity contribution is -0.142. The second kappa shape index (κ2) is 4.47. The van der Waals surface area contributed by atoms with Crippen LogP contribution in [0, 0.1) is 0 Å². The lowest BCUT2D eigenvalue weighted by Gasteiger charge is -2.45. The number of carbonyl (C=O) groups excluding carboxylic acids is 1. The van der Waals surface area contributed by atoms with Gasteiger partial charge in [-0.2, -0.15) is 0 Å². The highest BCUT2D eigenvalue weighted by atomic mass is 16.6. The van der Waals surface area contributed by atoms with Crippen LogP contribution in [0.3, 0.4) is 0 Å². The van der Waals surface area contributed by atoms with Gasteiger partial charge in [-0.3, -0.25) is 4.79 Å². The summed E-state index contributed by atoms with van der Waals surface area (Å²) in [6, 6.07) is 18.0. The zero-order chi connectivity index (χ0) is 15.3. The summed E-state index contributed by atoms with van der Waals surface area (Å²) in [5.74, 6) is 1.27. The fourth-order valence-corrected chi connectivity index (χ4v) is 3.67. The molecule has 0 fully saturated rings. The molecule has 0 bridgehead atoms. The number of esters is 1. The van der Waals surface area contributed by atoms with Crippen molar-refractivity contribution in [2.24, 2.45) is 0 Å². The number of ether oxygens (including phenoxy) is 2. The van der Waals surface area contributed by atoms with Gasteiger partial charge in [-0.25, -0.2) is 0 Å². The van der Waals surface area contributed by atoms with Gasteiger partial charge in [0.25, 0.3) is 0 Å². The van der Waals surface area contributed by atoms with Crippen LogP contribution in [0.4, 0.5) is 0 Å². The van der Waals surface area contributed by atoms with Crippen LogP contribution in [0.25, 0.3) is 0 Å². The molecule has 1 aliphatic heterocycles. The molecule has 2 aromatic rings. The van der Waals surface area contributed by atoms with E-state index in [9.17, 15) is 4.79 Å². The third kappa shape index (κ3) is 1.54. The third-order valence-electron chi connectivity index (χ3n) is 4.48. The Morgan fingerprint density at radius 2 is 1.77 bits per heavy atom. The average Bonchev–Trinajstić information content (AvgIpc) is 2.85. The van der Waals surface area contributed by atoms with Crippen LogP contribution in [0.15, 0.2) is 65.9 Å². The molecular weight excluding hydrogens is 276 g/mol. The van der Waals surface area contributed by atoms with E-state index in [1.54, 1.807) is 0 Å². The number of hydrogen-bond donors (Lipinski definition) is 0. The molecule has 2 aliphatic rings. The highest BCUT2D eigenvalue weighted by molar-refractivity contribution is 5.71. The van der Waals surface area contributed by atoms with Gasteiger partial charge in [-0.1, -0.05) is 48.5 Å². The van der Waals surface area contributed by atoms with Crippen LogP contribution >= 0.6 is 0 Å². The van der Waals surface area contributed by atoms with E-state index in [2.05, 4.69) is 6.07 Å². The largest absolute Gasteiger partial charge is 0.473 e. The Morgan fingerprint density at radius 1 is 1.09 bits per heavy atom. The van der Waals surface area contributed by atoms with Gasteiger partial charge in [0.05, 0.1) is 5.92 Å². The summed E-state index contributed by atoms with van der Waals surface area (Å²) in [7, 11) is 0. The van der Waals surface area contributed by atoms with E-state index < -0.39 is 5.60 Å². The number of rotatable bonds is 2. The number of para-hydroxylation sites is 1. The van der Waals surface area contributed by atoms with Crippen LogP contribution in [-0.2, 0) is 15.1 Å². The molecular formula is C19H16O3. The number of hydrogen-bond acceptors (Lipinski definition) is 3. The minimum Gasteiger partial charge on any atom is -0.473 e. The minimum absolute atomic E-state index is 0.0976. The lowest BCUT2D eigenvalue weighted by Crippen LogP contribution is -2.47. The molecule has 4 rings (SSSR count). The van der Waals surface area contributed by atoms with Gasteiger partial charge in [0, 0.05) is 18.1 Å². The molecule has 2 aromatic carbocycles. The van der Waals surface area contributed by atoms with Crippen molar-refractivity contribution in [3.05, 3.63) is 77.1 Å². The summed E-state index contributed by atoms with van der Waals surface area (Å²) in [6.07, 6.45) is 0. The Hall–Kier alpha value is -2.55. The van der Waals surface area contributed by atoms with Crippen molar-refractivity contribution < 1.29 is 14.3 Å². The predicted octanol–water partition coefficient (Wildman–Crippen LogP) is 3.91. The second-order valence-corrected chi connectivity index (χ2v) is 5.78. The molecule has 3 heteroatoms. The minimum atomic E-state index is -0.708. The molecule has 2 unspecified atom stereocenters. The van der Waals surface area contributed by atoms with Crippen molar-refractivity contribution in [3.8, 4) is 5.75 Å². The van der Waals surface area contributed by atoms with Crippen LogP contribution in [0.1, 0.15) is 30.9 Å². The molecule has 3 nitrogen and oxygen atoms in total. The molecule has 0 spiro atoms. The second-order valence-electron chi connectivity index (χ2n) is 5.78. The van der Waals surface area contributed by atoms with E-state index in [0.29, 0.717) is 5.76 Å². The average molecular weight is 292 g/mol. The number of fused-ring (bicyclic) bond motifs is 3. The van der Waals surface area contributed by atoms with E-state index in [1.807, 2.05) is 55.5 Å². The van der Waals surface area contributed by atoms with Crippen molar-refractivity contribution in [1.82, 2.24) is 0 Å². The molecule has 110 valence electrons. The van der Waals surface area contributed by atoms with Crippen molar-refractivity contribution in [1.29, 1.82) is 0 Å². The highest BCUT2D eigenvalue weighted by Gasteiger charge is 2.63. The molecule has 0 N–H and O–H groups in total. The SMILES string of the molecule is CC(=O)OC1=C(C)C2c3ccccc3OC12c1ccccc1. The van der Waals surface area contributed by atoms with Crippen LogP contribution in [0.2, 0.25) is 0 Å². The lowest BCUT2D eigenvalue weighted by atomic mass is 9.64. The first-order chi connectivity index (χ1) is 10.6. The van der Waals surface area contributed by atoms with Gasteiger partial charge in [-0.15, -0.1) is 0 Å². The van der Waals surface area contributed by atoms with Crippen molar-refractivity contribution in [3.63, 3.8) is 0 Å². The van der Waals surface area contributed by atoms with E-state index in [0.717, 1.165) is 22.4 Å². The summed E-state index contributed by atoms with van der Waals surface area (Å²) in [5, 5.41) is 0. The summed E-state index contributed by atoms with van der Waals surface area (Å²) in [4.78, 5) is 11.5. The third-order valence-corrected chi connectivity index (χ3v) is 4.48. The molecule has 1 heterocycles. The predicted molar refractivity (Wildman–Crippen MR) is 82.4 cm³/mol. The fraction of sp³-hybridized carbons (Fsp3) is 0.211. The van der Waals surface area contributed by atoms with E-state index in [4.69, 9.17) is 9.47 Å². The summed E-state index contributed by atoms with van der Waals surface area (Å²) < 4.78 is 11.8. The zero-order valence-corrected chi connectivity index (χ0v) is 12.5. The molecule has 0 saturated carbocycles. The van der Waals surface area contributed by atoms with Gasteiger partial charge >= 0.3 is 5.97 Å². The Kier molecular flexibility index (Phi) is 2.67. The quantitative estimate of drug-likeness (QED) is 0.787. The summed E-state index contributed by atoms with van der Waals surface area (Å²) in [6.45, 7) is 3.43. The molecule has 0 amide bonds. The van der Waals surface area contributed by atoms with Gasteiger partial charge < -0.3 is 9.47 Å². The maximum atomic E-state index is 11.5. The molecule has 0 saturated heterocycles. The molecule has 1 aliphatic carbocycles. The maximum Gasteiger partial charge on any atom is 0.307 e. The van der Waals surface area contributed by atoms with Gasteiger partial charge in [0.2, 0.25) is 5.60 Å². The number of benzene rings is 2. The van der Waals surface area contributed by atoms with E-state index >= 15 is 0 Å². The van der Waals surface area contributed by atoms with Crippen LogP contribution < -0.4 is 4.74 Å². The zero-order valence-electron chi connectivity index (χ0n) is 12.5. The topological polar surface area (TPSA) is 35.5 Å². The Bertz CT molecular complexity index is 791. The Labute approximate surface area is 129 Å². The Balaban J connectivity index is 1.91. The highest BCUT2D eigenvalue weighted by Crippen LogP contribution is 2.64. The standard InChI is InChI=1S/C19H16O3/c1-12-17-15-10-6-7-11-16(15)22-19(17,18(12)21-13(2)20)14-8-4-3-5-9-14/h3-11,17H,1-2H3. The fourth-order valence-electron chi connectivity index (χ4n) is 3.67. The first kappa shape index (κ1) is 13.1. The maximum absolute atomic E-state index is 11.5. The first-order valence-corrected chi connectivity index (χ1v) is 7.37. The first-order valence-electron chi connectivity index (χ1n) is 7.37. The number of carbonyl (C=O) groups is 1. The van der Waals surface area contributed by atoms with Crippen molar-refractivity contribution >= 4 is 5.97 Å². The van der Waals surface area contributed by atoms with Gasteiger partial charge in [-0.05, 0) is 18.6 Å². The summed E-state index contributed by atoms with van der Waals surface area (Å²) in [5.41, 5.74) is 2.52. The van der Waals surface area contributed by atoms with Crippen molar-refractivity contribution in [2.75, 3.05) is 0 Å². The van der Waals surface area contributed by atoms with Crippen LogP contribution in [0.5, 0.6) is 5.75 Å². The Morgan fingerprint density at radius 3 is 2.50 bits per heavy atom. The van der Waals surface area contributed by atoms with Crippen molar-refractivity contribution in [2.45, 2.75) is 25.4 Å². The smallest absolute Gasteiger partial charge is 0.307 e. The monoisotopic (exact) mass is 292 g/mol. The molecule has 2 atom stereocenters. The molecule has 22 heavy (non-hydrogen) atoms. The van der Waals surface area contributed by atoms with E-state index in [-0.39, 0.29) is 11.9 Å². The normalized spacial score (nSPS) is 24.9. The van der Waals surface area contributed by atoms with Gasteiger partial charge in [0.1, 0.15) is 5.75 Å². The van der Waals surface area contributed by atoms with Gasteiger partial charge in [0.15, 0.2) is 5.76 Å². The molecule has 0 aromatic heterocycles. The summed E-state index contributed by atoms with van der Waals surface area (Å²) >= 11 is 0. The molecule has 0 radical (unpaired) electrons. The van der Waals surface area contributed by atoms with Crippen LogP contribution in [-0.4, -0.2) is 5.97 Å². The van der Waals surface area contributed by atoms with E-state index in [1.165, 1.54) is 6.92 Å².